The lowest BCUT2D eigenvalue weighted by Crippen LogP contribution is -1.92. The van der Waals surface area contributed by atoms with Gasteiger partial charge in [-0.2, -0.15) is 0 Å². The highest BCUT2D eigenvalue weighted by Gasteiger charge is 1.83. The van der Waals surface area contributed by atoms with E-state index in [4.69, 9.17) is 5.11 Å². The predicted molar refractivity (Wildman–Crippen MR) is 47.9 cm³/mol. The maximum absolute atomic E-state index is 9.32. The Kier molecular flexibility index (Phi) is 6.73. The second-order valence-electron chi connectivity index (χ2n) is 1.68. The fourth-order valence-electron chi connectivity index (χ4n) is 0.385. The van der Waals surface area contributed by atoms with E-state index in [0.717, 1.165) is 0 Å². The highest BCUT2D eigenvalue weighted by atomic mass is 79.9. The molecule has 60 valence electrons. The van der Waals surface area contributed by atoms with Crippen LogP contribution in [0.15, 0.2) is 36.4 Å². The maximum atomic E-state index is 9.32. The van der Waals surface area contributed by atoms with Crippen molar-refractivity contribution < 1.29 is 9.90 Å². The van der Waals surface area contributed by atoms with Crippen molar-refractivity contribution in [3.63, 3.8) is 0 Å². The number of hydrogen-bond donors (Lipinski definition) is 1. The van der Waals surface area contributed by atoms with Gasteiger partial charge < -0.3 is 5.11 Å². The zero-order chi connectivity index (χ0) is 8.53. The molecule has 0 aliphatic carbocycles. The van der Waals surface area contributed by atoms with Gasteiger partial charge in [0, 0.05) is 0 Å². The molecule has 0 aliphatic rings. The molecule has 0 unspecified atom stereocenters. The molecule has 0 aliphatic heterocycles. The maximum Gasteiger partial charge on any atom is 0.314 e. The van der Waals surface area contributed by atoms with Crippen molar-refractivity contribution >= 4 is 21.9 Å². The fraction of sp³-hybridized carbons (Fsp3) is 0.125. The molecule has 0 radical (unpaired) electrons. The highest BCUT2D eigenvalue weighted by molar-refractivity contribution is 9.09. The van der Waals surface area contributed by atoms with Crippen molar-refractivity contribution in [3.05, 3.63) is 36.4 Å². The molecule has 1 N–H and O–H groups in total. The van der Waals surface area contributed by atoms with Gasteiger partial charge in [0.2, 0.25) is 0 Å². The van der Waals surface area contributed by atoms with Crippen LogP contribution in [0.5, 0.6) is 0 Å². The SMILES string of the molecule is O=C(O)CBr.c1ccccc1. The lowest BCUT2D eigenvalue weighted by Gasteiger charge is -1.70. The monoisotopic (exact) mass is 216 g/mol. The Labute approximate surface area is 74.0 Å². The summed E-state index contributed by atoms with van der Waals surface area (Å²) < 4.78 is 0. The van der Waals surface area contributed by atoms with Crippen molar-refractivity contribution in [2.24, 2.45) is 0 Å². The van der Waals surface area contributed by atoms with E-state index in [-0.39, 0.29) is 5.33 Å². The van der Waals surface area contributed by atoms with E-state index < -0.39 is 5.97 Å². The largest absolute Gasteiger partial charge is 0.481 e. The molecule has 1 aromatic carbocycles. The average Bonchev–Trinajstić information content (AvgIpc) is 2.09. The lowest BCUT2D eigenvalue weighted by molar-refractivity contribution is -0.133. The summed E-state index contributed by atoms with van der Waals surface area (Å²) in [4.78, 5) is 9.32. The van der Waals surface area contributed by atoms with Gasteiger partial charge in [-0.05, 0) is 0 Å². The van der Waals surface area contributed by atoms with Crippen LogP contribution in [-0.4, -0.2) is 16.4 Å². The first-order valence-corrected chi connectivity index (χ1v) is 4.17. The van der Waals surface area contributed by atoms with E-state index >= 15 is 0 Å². The van der Waals surface area contributed by atoms with Crippen molar-refractivity contribution in [2.45, 2.75) is 0 Å². The van der Waals surface area contributed by atoms with Crippen molar-refractivity contribution in [1.82, 2.24) is 0 Å². The molecule has 0 spiro atoms. The molecule has 3 heteroatoms. The number of hydrogen-bond acceptors (Lipinski definition) is 1. The lowest BCUT2D eigenvalue weighted by atomic mass is 10.4. The number of carbonyl (C=O) groups is 1. The van der Waals surface area contributed by atoms with Crippen LogP contribution in [-0.2, 0) is 4.79 Å². The number of carboxylic acids is 1. The minimum absolute atomic E-state index is 0.0347. The van der Waals surface area contributed by atoms with E-state index in [1.807, 2.05) is 36.4 Å². The summed E-state index contributed by atoms with van der Waals surface area (Å²) in [5, 5.41) is 7.71. The molecule has 0 aromatic heterocycles. The minimum Gasteiger partial charge on any atom is -0.481 e. The third kappa shape index (κ3) is 9.17. The number of halogens is 1. The Morgan fingerprint density at radius 3 is 1.36 bits per heavy atom. The third-order valence-corrected chi connectivity index (χ3v) is 1.26. The summed E-state index contributed by atoms with van der Waals surface area (Å²) in [6.07, 6.45) is 0. The van der Waals surface area contributed by atoms with Crippen LogP contribution in [0.2, 0.25) is 0 Å². The molecule has 0 fully saturated rings. The summed E-state index contributed by atoms with van der Waals surface area (Å²) >= 11 is 2.71. The smallest absolute Gasteiger partial charge is 0.314 e. The molecular formula is C8H9BrO2. The fourth-order valence-corrected chi connectivity index (χ4v) is 0.385. The van der Waals surface area contributed by atoms with E-state index in [9.17, 15) is 4.79 Å². The molecule has 1 rings (SSSR count). The molecule has 0 heterocycles. The van der Waals surface area contributed by atoms with Gasteiger partial charge in [0.05, 0.1) is 0 Å². The topological polar surface area (TPSA) is 37.3 Å². The molecule has 0 amide bonds. The summed E-state index contributed by atoms with van der Waals surface area (Å²) in [5.74, 6) is -0.829. The normalized spacial score (nSPS) is 7.73. The third-order valence-electron chi connectivity index (χ3n) is 0.781. The minimum atomic E-state index is -0.829. The Bertz CT molecular complexity index is 160. The van der Waals surface area contributed by atoms with Gasteiger partial charge in [0.1, 0.15) is 5.33 Å². The van der Waals surface area contributed by atoms with Crippen LogP contribution in [0.25, 0.3) is 0 Å². The number of benzene rings is 1. The molecular weight excluding hydrogens is 208 g/mol. The second-order valence-corrected chi connectivity index (χ2v) is 2.24. The number of aliphatic carboxylic acids is 1. The first-order valence-electron chi connectivity index (χ1n) is 3.05. The van der Waals surface area contributed by atoms with Gasteiger partial charge in [-0.1, -0.05) is 52.3 Å². The first kappa shape index (κ1) is 10.2. The van der Waals surface area contributed by atoms with Gasteiger partial charge in [-0.25, -0.2) is 0 Å². The Morgan fingerprint density at radius 2 is 1.27 bits per heavy atom. The summed E-state index contributed by atoms with van der Waals surface area (Å²) in [5.41, 5.74) is 0. The zero-order valence-corrected chi connectivity index (χ0v) is 7.49. The van der Waals surface area contributed by atoms with Gasteiger partial charge in [-0.15, -0.1) is 0 Å². The van der Waals surface area contributed by atoms with E-state index in [2.05, 4.69) is 15.9 Å². The van der Waals surface area contributed by atoms with Crippen molar-refractivity contribution in [3.8, 4) is 0 Å². The van der Waals surface area contributed by atoms with Gasteiger partial charge >= 0.3 is 5.97 Å². The van der Waals surface area contributed by atoms with Crippen LogP contribution in [0.1, 0.15) is 0 Å². The second kappa shape index (κ2) is 7.28. The highest BCUT2D eigenvalue weighted by Crippen LogP contribution is 1.79. The van der Waals surface area contributed by atoms with Crippen LogP contribution in [0.4, 0.5) is 0 Å². The first-order chi connectivity index (χ1) is 5.27. The van der Waals surface area contributed by atoms with Crippen LogP contribution in [0, 0.1) is 0 Å². The molecule has 0 saturated heterocycles. The quantitative estimate of drug-likeness (QED) is 0.731. The zero-order valence-electron chi connectivity index (χ0n) is 5.90. The molecule has 1 aromatic rings. The number of carboxylic acid groups (broad SMARTS) is 1. The van der Waals surface area contributed by atoms with Gasteiger partial charge in [0.25, 0.3) is 0 Å². The standard InChI is InChI=1S/C6H6.C2H3BrO2/c1-2-4-6-5-3-1;3-1-2(4)5/h1-6H;1H2,(H,4,5). The number of alkyl halides is 1. The average molecular weight is 217 g/mol. The molecule has 0 bridgehead atoms. The summed E-state index contributed by atoms with van der Waals surface area (Å²) in [6.45, 7) is 0. The van der Waals surface area contributed by atoms with Gasteiger partial charge in [-0.3, -0.25) is 4.79 Å². The summed E-state index contributed by atoms with van der Waals surface area (Å²) in [7, 11) is 0. The molecule has 11 heavy (non-hydrogen) atoms. The van der Waals surface area contributed by atoms with E-state index in [0.29, 0.717) is 0 Å². The Balaban J connectivity index is 0.000000187. The van der Waals surface area contributed by atoms with E-state index in [1.54, 1.807) is 0 Å². The summed E-state index contributed by atoms with van der Waals surface area (Å²) in [6, 6.07) is 12.0. The molecule has 2 nitrogen and oxygen atoms in total. The van der Waals surface area contributed by atoms with Crippen molar-refractivity contribution in [1.29, 1.82) is 0 Å². The molecule has 0 atom stereocenters. The van der Waals surface area contributed by atoms with Crippen LogP contribution < -0.4 is 0 Å². The van der Waals surface area contributed by atoms with E-state index in [1.165, 1.54) is 0 Å². The van der Waals surface area contributed by atoms with Crippen molar-refractivity contribution in [2.75, 3.05) is 5.33 Å². The predicted octanol–water partition coefficient (Wildman–Crippen LogP) is 2.15. The van der Waals surface area contributed by atoms with Crippen LogP contribution >= 0.6 is 15.9 Å². The molecule has 0 saturated carbocycles. The Hall–Kier alpha value is -0.830. The van der Waals surface area contributed by atoms with Crippen LogP contribution in [0.3, 0.4) is 0 Å². The van der Waals surface area contributed by atoms with Gasteiger partial charge in [0.15, 0.2) is 0 Å². The number of rotatable bonds is 1. The Morgan fingerprint density at radius 1 is 1.09 bits per heavy atom.